The molecular formula is C21H28N2O7S2. The molecule has 9 nitrogen and oxygen atoms in total. The summed E-state index contributed by atoms with van der Waals surface area (Å²) in [5.41, 5.74) is 0.254. The number of amides is 1. The summed E-state index contributed by atoms with van der Waals surface area (Å²) in [6.07, 6.45) is 1.63. The van der Waals surface area contributed by atoms with Crippen molar-refractivity contribution in [1.82, 2.24) is 9.62 Å². The van der Waals surface area contributed by atoms with Gasteiger partial charge in [0.15, 0.2) is 9.84 Å². The zero-order valence-corrected chi connectivity index (χ0v) is 19.9. The van der Waals surface area contributed by atoms with Gasteiger partial charge >= 0.3 is 0 Å². The van der Waals surface area contributed by atoms with E-state index in [9.17, 15) is 21.6 Å². The van der Waals surface area contributed by atoms with Crippen molar-refractivity contribution in [2.45, 2.75) is 16.2 Å². The minimum atomic E-state index is -3.74. The van der Waals surface area contributed by atoms with Crippen LogP contribution >= 0.6 is 0 Å². The number of methoxy groups -OCH3 is 1. The number of carbonyl (C=O) groups excluding carboxylic acids is 1. The third-order valence-electron chi connectivity index (χ3n) is 4.48. The van der Waals surface area contributed by atoms with Gasteiger partial charge in [-0.15, -0.1) is 0 Å². The maximum absolute atomic E-state index is 12.7. The van der Waals surface area contributed by atoms with Crippen molar-refractivity contribution in [2.75, 3.05) is 46.7 Å². The Morgan fingerprint density at radius 1 is 1.00 bits per heavy atom. The zero-order valence-electron chi connectivity index (χ0n) is 18.3. The van der Waals surface area contributed by atoms with Crippen molar-refractivity contribution >= 4 is 25.8 Å². The lowest BCUT2D eigenvalue weighted by atomic mass is 10.2. The second-order valence-electron chi connectivity index (χ2n) is 7.09. The van der Waals surface area contributed by atoms with Gasteiger partial charge in [-0.25, -0.2) is 21.6 Å². The van der Waals surface area contributed by atoms with Crippen LogP contribution in [0.3, 0.4) is 0 Å². The second-order valence-corrected chi connectivity index (χ2v) is 10.9. The lowest BCUT2D eigenvalue weighted by Crippen LogP contribution is -2.30. The molecule has 11 heteroatoms. The van der Waals surface area contributed by atoms with E-state index in [2.05, 4.69) is 4.72 Å². The van der Waals surface area contributed by atoms with Gasteiger partial charge in [0.05, 0.1) is 23.0 Å². The van der Waals surface area contributed by atoms with Crippen LogP contribution in [0.1, 0.15) is 16.8 Å². The number of carbonyl (C=O) groups is 1. The van der Waals surface area contributed by atoms with E-state index in [1.54, 1.807) is 25.2 Å². The van der Waals surface area contributed by atoms with Crippen LogP contribution in [-0.4, -0.2) is 74.4 Å². The lowest BCUT2D eigenvalue weighted by Gasteiger charge is -2.18. The summed E-state index contributed by atoms with van der Waals surface area (Å²) in [5.74, 6) is 0.110. The highest BCUT2D eigenvalue weighted by Gasteiger charge is 2.18. The molecule has 0 radical (unpaired) electrons. The molecule has 1 amide bonds. The molecular weight excluding hydrogens is 456 g/mol. The Morgan fingerprint density at radius 3 is 2.38 bits per heavy atom. The highest BCUT2D eigenvalue weighted by atomic mass is 32.2. The highest BCUT2D eigenvalue weighted by molar-refractivity contribution is 7.90. The standard InChI is InChI=1S/C21H28N2O7S2/c1-23(12-6-13-30-18-8-5-9-19(16-18)31(3,25)26)21(24)17-7-4-10-20(15-17)32(27,28)22-11-14-29-2/h4-5,7-10,15-16,22H,6,11-14H2,1-3H3. The molecule has 0 saturated carbocycles. The van der Waals surface area contributed by atoms with Crippen LogP contribution in [0, 0.1) is 0 Å². The average Bonchev–Trinajstić information content (AvgIpc) is 2.76. The second kappa shape index (κ2) is 11.4. The minimum Gasteiger partial charge on any atom is -0.493 e. The number of hydrogen-bond donors (Lipinski definition) is 1. The van der Waals surface area contributed by atoms with E-state index >= 15 is 0 Å². The SMILES string of the molecule is COCCNS(=O)(=O)c1cccc(C(=O)N(C)CCCOc2cccc(S(C)(=O)=O)c2)c1. The summed E-state index contributed by atoms with van der Waals surface area (Å²) in [6.45, 7) is 1.02. The maximum Gasteiger partial charge on any atom is 0.253 e. The van der Waals surface area contributed by atoms with Crippen molar-refractivity contribution in [3.05, 3.63) is 54.1 Å². The van der Waals surface area contributed by atoms with Crippen molar-refractivity contribution < 1.29 is 31.1 Å². The average molecular weight is 485 g/mol. The Hall–Kier alpha value is -2.47. The number of benzene rings is 2. The summed E-state index contributed by atoms with van der Waals surface area (Å²) < 4.78 is 60.7. The minimum absolute atomic E-state index is 0.00180. The number of ether oxygens (including phenoxy) is 2. The normalized spacial score (nSPS) is 11.8. The Labute approximate surface area is 189 Å². The topological polar surface area (TPSA) is 119 Å². The molecule has 32 heavy (non-hydrogen) atoms. The van der Waals surface area contributed by atoms with Crippen LogP contribution in [0.5, 0.6) is 5.75 Å². The molecule has 0 aliphatic carbocycles. The molecule has 0 aromatic heterocycles. The summed E-state index contributed by atoms with van der Waals surface area (Å²) >= 11 is 0. The fourth-order valence-corrected chi connectivity index (χ4v) is 4.48. The van der Waals surface area contributed by atoms with E-state index < -0.39 is 19.9 Å². The molecule has 0 fully saturated rings. The van der Waals surface area contributed by atoms with Crippen LogP contribution in [0.2, 0.25) is 0 Å². The van der Waals surface area contributed by atoms with Crippen LogP contribution in [0.4, 0.5) is 0 Å². The lowest BCUT2D eigenvalue weighted by molar-refractivity contribution is 0.0787. The van der Waals surface area contributed by atoms with Gasteiger partial charge in [0.2, 0.25) is 10.0 Å². The number of nitrogens with zero attached hydrogens (tertiary/aromatic N) is 1. The Balaban J connectivity index is 1.92. The number of sulfone groups is 1. The third kappa shape index (κ3) is 7.59. The van der Waals surface area contributed by atoms with Crippen molar-refractivity contribution in [2.24, 2.45) is 0 Å². The van der Waals surface area contributed by atoms with Gasteiger partial charge in [-0.2, -0.15) is 0 Å². The number of nitrogens with one attached hydrogen (secondary N) is 1. The predicted molar refractivity (Wildman–Crippen MR) is 120 cm³/mol. The van der Waals surface area contributed by atoms with Gasteiger partial charge in [-0.05, 0) is 42.8 Å². The molecule has 0 unspecified atom stereocenters. The summed E-state index contributed by atoms with van der Waals surface area (Å²) in [7, 11) is -3.97. The van der Waals surface area contributed by atoms with Crippen LogP contribution < -0.4 is 9.46 Å². The molecule has 2 rings (SSSR count). The van der Waals surface area contributed by atoms with Crippen molar-refractivity contribution in [3.63, 3.8) is 0 Å². The first-order valence-corrected chi connectivity index (χ1v) is 13.2. The Kier molecular flexibility index (Phi) is 9.20. The van der Waals surface area contributed by atoms with E-state index in [0.717, 1.165) is 6.26 Å². The van der Waals surface area contributed by atoms with Gasteiger partial charge < -0.3 is 14.4 Å². The molecule has 0 aliphatic rings. The Morgan fingerprint density at radius 2 is 1.69 bits per heavy atom. The molecule has 0 bridgehead atoms. The van der Waals surface area contributed by atoms with E-state index in [4.69, 9.17) is 9.47 Å². The van der Waals surface area contributed by atoms with Gasteiger partial charge in [-0.3, -0.25) is 4.79 Å². The first-order valence-electron chi connectivity index (χ1n) is 9.81. The molecule has 2 aromatic rings. The highest BCUT2D eigenvalue weighted by Crippen LogP contribution is 2.18. The van der Waals surface area contributed by atoms with Crippen LogP contribution in [0.25, 0.3) is 0 Å². The number of rotatable bonds is 12. The van der Waals surface area contributed by atoms with E-state index in [1.165, 1.54) is 42.3 Å². The third-order valence-corrected chi connectivity index (χ3v) is 7.05. The molecule has 0 aliphatic heterocycles. The van der Waals surface area contributed by atoms with Gasteiger partial charge in [0.1, 0.15) is 5.75 Å². The predicted octanol–water partition coefficient (Wildman–Crippen LogP) is 1.56. The molecule has 0 spiro atoms. The fourth-order valence-electron chi connectivity index (χ4n) is 2.77. The Bertz CT molecular complexity index is 1130. The number of sulfonamides is 1. The van der Waals surface area contributed by atoms with Crippen molar-refractivity contribution in [1.29, 1.82) is 0 Å². The monoisotopic (exact) mass is 484 g/mol. The summed E-state index contributed by atoms with van der Waals surface area (Å²) in [5, 5.41) is 0. The molecule has 176 valence electrons. The van der Waals surface area contributed by atoms with Gasteiger partial charge in [-0.1, -0.05) is 12.1 Å². The summed E-state index contributed by atoms with van der Waals surface area (Å²) in [6, 6.07) is 12.0. The molecule has 1 N–H and O–H groups in total. The molecule has 2 aromatic carbocycles. The van der Waals surface area contributed by atoms with E-state index in [1.807, 2.05) is 0 Å². The summed E-state index contributed by atoms with van der Waals surface area (Å²) in [4.78, 5) is 14.3. The smallest absolute Gasteiger partial charge is 0.253 e. The van der Waals surface area contributed by atoms with Crippen LogP contribution in [0.15, 0.2) is 58.3 Å². The molecule has 0 atom stereocenters. The van der Waals surface area contributed by atoms with E-state index in [0.29, 0.717) is 18.7 Å². The zero-order chi connectivity index (χ0) is 23.8. The van der Waals surface area contributed by atoms with E-state index in [-0.39, 0.29) is 41.0 Å². The molecule has 0 heterocycles. The van der Waals surface area contributed by atoms with Crippen molar-refractivity contribution in [3.8, 4) is 5.75 Å². The van der Waals surface area contributed by atoms with Gasteiger partial charge in [0.25, 0.3) is 5.91 Å². The fraction of sp³-hybridized carbons (Fsp3) is 0.381. The molecule has 0 saturated heterocycles. The largest absolute Gasteiger partial charge is 0.493 e. The quantitative estimate of drug-likeness (QED) is 0.454. The van der Waals surface area contributed by atoms with Gasteiger partial charge in [0, 0.05) is 39.1 Å². The maximum atomic E-state index is 12.7. The van der Waals surface area contributed by atoms with Crippen LogP contribution in [-0.2, 0) is 24.6 Å². The first-order chi connectivity index (χ1) is 15.0. The first kappa shape index (κ1) is 25.8. The number of hydrogen-bond acceptors (Lipinski definition) is 7.